The number of nitrogens with one attached hydrogen (secondary N) is 1. The summed E-state index contributed by atoms with van der Waals surface area (Å²) in [5, 5.41) is 1.78. The van der Waals surface area contributed by atoms with Crippen LogP contribution in [0.3, 0.4) is 0 Å². The topological polar surface area (TPSA) is 84.9 Å². The summed E-state index contributed by atoms with van der Waals surface area (Å²) in [6, 6.07) is 8.95. The van der Waals surface area contributed by atoms with Crippen molar-refractivity contribution in [2.45, 2.75) is 26.7 Å². The van der Waals surface area contributed by atoms with Crippen LogP contribution in [0, 0.1) is 5.82 Å². The number of imide groups is 1. The lowest BCUT2D eigenvalue weighted by Crippen LogP contribution is -2.36. The molecule has 0 spiro atoms. The van der Waals surface area contributed by atoms with Gasteiger partial charge in [0.25, 0.3) is 11.1 Å². The molecule has 1 fully saturated rings. The predicted molar refractivity (Wildman–Crippen MR) is 131 cm³/mol. The van der Waals surface area contributed by atoms with E-state index in [9.17, 15) is 18.8 Å². The van der Waals surface area contributed by atoms with Gasteiger partial charge >= 0.3 is 0 Å². The molecule has 0 radical (unpaired) electrons. The number of anilines is 1. The number of amides is 3. The van der Waals surface area contributed by atoms with Gasteiger partial charge in [0.05, 0.1) is 23.1 Å². The zero-order chi connectivity index (χ0) is 24.7. The summed E-state index contributed by atoms with van der Waals surface area (Å²) < 4.78 is 24.7. The molecule has 0 unspecified atom stereocenters. The summed E-state index contributed by atoms with van der Waals surface area (Å²) in [7, 11) is 0. The van der Waals surface area contributed by atoms with Gasteiger partial charge in [0.15, 0.2) is 11.5 Å². The monoisotopic (exact) mass is 506 g/mol. The highest BCUT2D eigenvalue weighted by Crippen LogP contribution is 2.34. The summed E-state index contributed by atoms with van der Waals surface area (Å²) in [5.74, 6) is -0.659. The normalized spacial score (nSPS) is 14.6. The van der Waals surface area contributed by atoms with Crippen molar-refractivity contribution in [1.82, 2.24) is 4.90 Å². The Hall–Kier alpha value is -3.04. The Bertz CT molecular complexity index is 1120. The zero-order valence-electron chi connectivity index (χ0n) is 18.7. The van der Waals surface area contributed by atoms with Crippen LogP contribution < -0.4 is 14.8 Å². The van der Waals surface area contributed by atoms with Crippen molar-refractivity contribution < 1.29 is 28.2 Å². The fourth-order valence-electron chi connectivity index (χ4n) is 3.03. The number of hydrogen-bond acceptors (Lipinski definition) is 6. The van der Waals surface area contributed by atoms with Crippen molar-refractivity contribution in [3.05, 3.63) is 57.7 Å². The molecule has 0 atom stereocenters. The fourth-order valence-corrected chi connectivity index (χ4v) is 4.05. The van der Waals surface area contributed by atoms with E-state index in [1.807, 2.05) is 6.92 Å². The van der Waals surface area contributed by atoms with Crippen LogP contribution in [0.1, 0.15) is 32.3 Å². The van der Waals surface area contributed by atoms with E-state index in [1.54, 1.807) is 24.3 Å². The second kappa shape index (κ2) is 11.9. The summed E-state index contributed by atoms with van der Waals surface area (Å²) in [5.41, 5.74) is 0.908. The Morgan fingerprint density at radius 2 is 1.94 bits per heavy atom. The van der Waals surface area contributed by atoms with Crippen LogP contribution in [-0.4, -0.2) is 41.7 Å². The molecule has 3 amide bonds. The van der Waals surface area contributed by atoms with Crippen LogP contribution in [0.5, 0.6) is 11.5 Å². The molecule has 0 bridgehead atoms. The molecular formula is C24H24ClFN2O5S. The quantitative estimate of drug-likeness (QED) is 0.327. The highest BCUT2D eigenvalue weighted by Gasteiger charge is 2.36. The van der Waals surface area contributed by atoms with E-state index in [2.05, 4.69) is 12.2 Å². The van der Waals surface area contributed by atoms with E-state index in [4.69, 9.17) is 21.1 Å². The minimum atomic E-state index is -0.621. The summed E-state index contributed by atoms with van der Waals surface area (Å²) in [4.78, 5) is 38.5. The average molecular weight is 507 g/mol. The van der Waals surface area contributed by atoms with Crippen LogP contribution in [-0.2, 0) is 9.59 Å². The molecule has 0 aliphatic carbocycles. The lowest BCUT2D eigenvalue weighted by molar-refractivity contribution is -0.127. The second-order valence-corrected chi connectivity index (χ2v) is 8.69. The number of halogens is 2. The van der Waals surface area contributed by atoms with Gasteiger partial charge in [0.2, 0.25) is 5.91 Å². The van der Waals surface area contributed by atoms with Gasteiger partial charge in [-0.05, 0) is 67.1 Å². The number of rotatable bonds is 10. The van der Waals surface area contributed by atoms with Crippen molar-refractivity contribution in [2.75, 3.05) is 25.1 Å². The largest absolute Gasteiger partial charge is 0.490 e. The van der Waals surface area contributed by atoms with Gasteiger partial charge in [-0.3, -0.25) is 19.3 Å². The summed E-state index contributed by atoms with van der Waals surface area (Å²) in [6.45, 7) is 4.47. The van der Waals surface area contributed by atoms with Crippen molar-refractivity contribution in [1.29, 1.82) is 0 Å². The molecule has 1 heterocycles. The van der Waals surface area contributed by atoms with Crippen molar-refractivity contribution >= 4 is 52.2 Å². The number of thioether (sulfide) groups is 1. The number of nitrogens with zero attached hydrogens (tertiary/aromatic N) is 1. The third-order valence-electron chi connectivity index (χ3n) is 4.70. The Morgan fingerprint density at radius 1 is 1.15 bits per heavy atom. The fraction of sp³-hybridized carbons (Fsp3) is 0.292. The van der Waals surface area contributed by atoms with Gasteiger partial charge in [-0.25, -0.2) is 4.39 Å². The molecule has 180 valence electrons. The smallest absolute Gasteiger partial charge is 0.294 e. The molecule has 1 aliphatic rings. The van der Waals surface area contributed by atoms with Gasteiger partial charge in [0.1, 0.15) is 12.4 Å². The van der Waals surface area contributed by atoms with Crippen LogP contribution in [0.2, 0.25) is 5.02 Å². The van der Waals surface area contributed by atoms with Gasteiger partial charge in [-0.2, -0.15) is 0 Å². The molecule has 1 saturated heterocycles. The summed E-state index contributed by atoms with van der Waals surface area (Å²) >= 11 is 6.46. The first kappa shape index (κ1) is 25.6. The predicted octanol–water partition coefficient (Wildman–Crippen LogP) is 5.73. The Labute approximate surface area is 206 Å². The first-order valence-corrected chi connectivity index (χ1v) is 11.9. The average Bonchev–Trinajstić information content (AvgIpc) is 3.05. The van der Waals surface area contributed by atoms with Crippen molar-refractivity contribution in [3.63, 3.8) is 0 Å². The van der Waals surface area contributed by atoms with Crippen molar-refractivity contribution in [3.8, 4) is 11.5 Å². The molecule has 2 aromatic carbocycles. The van der Waals surface area contributed by atoms with E-state index in [1.165, 1.54) is 12.1 Å². The molecule has 34 heavy (non-hydrogen) atoms. The molecule has 3 rings (SSSR count). The molecule has 1 N–H and O–H groups in total. The maximum atomic E-state index is 13.3. The van der Waals surface area contributed by atoms with Crippen LogP contribution in [0.25, 0.3) is 6.08 Å². The molecule has 10 heteroatoms. The Balaban J connectivity index is 1.70. The second-order valence-electron chi connectivity index (χ2n) is 7.29. The number of unbranched alkanes of at least 4 members (excludes halogenated alkanes) is 1. The van der Waals surface area contributed by atoms with E-state index in [0.29, 0.717) is 30.3 Å². The summed E-state index contributed by atoms with van der Waals surface area (Å²) in [6.07, 6.45) is 3.50. The standard InChI is InChI=1S/C24H24ClFN2O5S/c1-3-5-10-33-19-9-6-15(11-20(19)32-4-2)12-21-23(30)28(24(31)34-21)14-22(29)27-16-7-8-18(26)17(25)13-16/h6-9,11-13H,3-5,10,14H2,1-2H3,(H,27,29)/b21-12-. The third-order valence-corrected chi connectivity index (χ3v) is 5.90. The molecule has 2 aromatic rings. The maximum absolute atomic E-state index is 13.3. The first-order valence-electron chi connectivity index (χ1n) is 10.7. The maximum Gasteiger partial charge on any atom is 0.294 e. The Kier molecular flexibility index (Phi) is 8.95. The van der Waals surface area contributed by atoms with Crippen molar-refractivity contribution in [2.24, 2.45) is 0 Å². The van der Waals surface area contributed by atoms with Gasteiger partial charge < -0.3 is 14.8 Å². The molecular weight excluding hydrogens is 483 g/mol. The number of carbonyl (C=O) groups excluding carboxylic acids is 3. The van der Waals surface area contributed by atoms with E-state index < -0.39 is 29.4 Å². The molecule has 7 nitrogen and oxygen atoms in total. The van der Waals surface area contributed by atoms with Gasteiger partial charge in [-0.15, -0.1) is 0 Å². The van der Waals surface area contributed by atoms with Gasteiger partial charge in [-0.1, -0.05) is 31.0 Å². The lowest BCUT2D eigenvalue weighted by atomic mass is 10.2. The third kappa shape index (κ3) is 6.51. The number of benzene rings is 2. The van der Waals surface area contributed by atoms with Crippen LogP contribution >= 0.6 is 23.4 Å². The van der Waals surface area contributed by atoms with E-state index in [0.717, 1.165) is 35.6 Å². The highest BCUT2D eigenvalue weighted by atomic mass is 35.5. The number of carbonyl (C=O) groups is 3. The molecule has 0 saturated carbocycles. The first-order chi connectivity index (χ1) is 16.3. The SMILES string of the molecule is CCCCOc1ccc(/C=C2\SC(=O)N(CC(=O)Nc3ccc(F)c(Cl)c3)C2=O)cc1OCC. The van der Waals surface area contributed by atoms with Crippen LogP contribution in [0.4, 0.5) is 14.9 Å². The van der Waals surface area contributed by atoms with Crippen LogP contribution in [0.15, 0.2) is 41.3 Å². The molecule has 1 aliphatic heterocycles. The number of ether oxygens (including phenoxy) is 2. The highest BCUT2D eigenvalue weighted by molar-refractivity contribution is 8.18. The number of hydrogen-bond donors (Lipinski definition) is 1. The van der Waals surface area contributed by atoms with E-state index >= 15 is 0 Å². The minimum Gasteiger partial charge on any atom is -0.490 e. The lowest BCUT2D eigenvalue weighted by Gasteiger charge is -2.13. The molecule has 0 aromatic heterocycles. The Morgan fingerprint density at radius 3 is 2.65 bits per heavy atom. The van der Waals surface area contributed by atoms with E-state index in [-0.39, 0.29) is 15.6 Å². The van der Waals surface area contributed by atoms with Gasteiger partial charge in [0, 0.05) is 5.69 Å². The minimum absolute atomic E-state index is 0.153. The zero-order valence-corrected chi connectivity index (χ0v) is 20.3.